The minimum absolute atomic E-state index is 0.713. The second-order valence-corrected chi connectivity index (χ2v) is 5.52. The van der Waals surface area contributed by atoms with E-state index < -0.39 is 0 Å². The Kier molecular flexibility index (Phi) is 3.22. The molecule has 2 nitrogen and oxygen atoms in total. The highest BCUT2D eigenvalue weighted by atomic mass is 79.9. The normalized spacial score (nSPS) is 10.8. The molecule has 0 spiro atoms. The first kappa shape index (κ1) is 12.2. The van der Waals surface area contributed by atoms with Crippen molar-refractivity contribution < 1.29 is 0 Å². The molecule has 0 atom stereocenters. The zero-order chi connectivity index (χ0) is 13.2. The average Bonchev–Trinajstić information content (AvgIpc) is 2.78. The molecule has 0 aliphatic heterocycles. The molecule has 0 saturated heterocycles. The van der Waals surface area contributed by atoms with E-state index in [-0.39, 0.29) is 0 Å². The van der Waals surface area contributed by atoms with E-state index in [0.717, 1.165) is 26.9 Å². The highest BCUT2D eigenvalue weighted by Crippen LogP contribution is 2.26. The van der Waals surface area contributed by atoms with Gasteiger partial charge in [0.2, 0.25) is 0 Å². The van der Waals surface area contributed by atoms with Gasteiger partial charge in [-0.3, -0.25) is 0 Å². The van der Waals surface area contributed by atoms with Gasteiger partial charge in [0.15, 0.2) is 0 Å². The monoisotopic (exact) mass is 312 g/mol. The summed E-state index contributed by atoms with van der Waals surface area (Å²) >= 11 is 3.45. The van der Waals surface area contributed by atoms with Crippen molar-refractivity contribution in [1.29, 1.82) is 0 Å². The molecule has 0 fully saturated rings. The molecule has 19 heavy (non-hydrogen) atoms. The lowest BCUT2D eigenvalue weighted by atomic mass is 10.2. The Labute approximate surface area is 120 Å². The number of aromatic nitrogens is 2. The smallest absolute Gasteiger partial charge is 0.141 e. The van der Waals surface area contributed by atoms with Crippen LogP contribution in [0.4, 0.5) is 0 Å². The van der Waals surface area contributed by atoms with Crippen LogP contribution in [0.15, 0.2) is 65.7 Å². The molecule has 3 heteroatoms. The fourth-order valence-electron chi connectivity index (χ4n) is 2.21. The Morgan fingerprint density at radius 3 is 2.47 bits per heavy atom. The summed E-state index contributed by atoms with van der Waals surface area (Å²) in [5.41, 5.74) is 3.25. The van der Waals surface area contributed by atoms with E-state index in [4.69, 9.17) is 4.98 Å². The number of halogens is 1. The van der Waals surface area contributed by atoms with Gasteiger partial charge in [0, 0.05) is 10.0 Å². The van der Waals surface area contributed by atoms with Crippen molar-refractivity contribution in [1.82, 2.24) is 9.55 Å². The van der Waals surface area contributed by atoms with Crippen LogP contribution in [0.2, 0.25) is 0 Å². The van der Waals surface area contributed by atoms with Crippen LogP contribution in [0.3, 0.4) is 0 Å². The van der Waals surface area contributed by atoms with Gasteiger partial charge in [-0.05, 0) is 12.1 Å². The maximum absolute atomic E-state index is 4.74. The molecule has 1 heterocycles. The van der Waals surface area contributed by atoms with Crippen molar-refractivity contribution >= 4 is 27.0 Å². The molecular formula is C16H13BrN2. The quantitative estimate of drug-likeness (QED) is 0.690. The zero-order valence-corrected chi connectivity index (χ0v) is 12.0. The predicted molar refractivity (Wildman–Crippen MR) is 83.2 cm³/mol. The van der Waals surface area contributed by atoms with Crippen molar-refractivity contribution in [2.45, 2.75) is 6.54 Å². The third-order valence-corrected chi connectivity index (χ3v) is 3.27. The van der Waals surface area contributed by atoms with Gasteiger partial charge in [0.1, 0.15) is 5.82 Å². The average molecular weight is 313 g/mol. The lowest BCUT2D eigenvalue weighted by Gasteiger charge is -2.08. The van der Waals surface area contributed by atoms with Crippen LogP contribution in [0.1, 0.15) is 0 Å². The first-order valence-electron chi connectivity index (χ1n) is 6.09. The van der Waals surface area contributed by atoms with Gasteiger partial charge in [0.05, 0.1) is 17.6 Å². The van der Waals surface area contributed by atoms with E-state index >= 15 is 0 Å². The second kappa shape index (κ2) is 5.02. The molecule has 0 bridgehead atoms. The van der Waals surface area contributed by atoms with Crippen LogP contribution in [-0.2, 0) is 6.54 Å². The maximum atomic E-state index is 4.74. The lowest BCUT2D eigenvalue weighted by Crippen LogP contribution is -2.00. The predicted octanol–water partition coefficient (Wildman–Crippen LogP) is 4.61. The van der Waals surface area contributed by atoms with E-state index in [1.54, 1.807) is 0 Å². The minimum atomic E-state index is 0.713. The minimum Gasteiger partial charge on any atom is -0.319 e. The molecular weight excluding hydrogens is 300 g/mol. The number of para-hydroxylation sites is 2. The Morgan fingerprint density at radius 1 is 1.05 bits per heavy atom. The van der Waals surface area contributed by atoms with Crippen LogP contribution in [0, 0.1) is 0 Å². The fourth-order valence-corrected chi connectivity index (χ4v) is 2.47. The number of allylic oxidation sites excluding steroid dienone is 1. The Morgan fingerprint density at radius 2 is 1.74 bits per heavy atom. The summed E-state index contributed by atoms with van der Waals surface area (Å²) in [6.45, 7) is 4.65. The molecule has 1 aromatic heterocycles. The van der Waals surface area contributed by atoms with Gasteiger partial charge in [-0.1, -0.05) is 65.0 Å². The molecule has 3 aromatic rings. The topological polar surface area (TPSA) is 17.8 Å². The lowest BCUT2D eigenvalue weighted by molar-refractivity contribution is 0.855. The largest absolute Gasteiger partial charge is 0.319 e. The van der Waals surface area contributed by atoms with Gasteiger partial charge >= 0.3 is 0 Å². The van der Waals surface area contributed by atoms with E-state index in [0.29, 0.717) is 6.54 Å². The molecule has 0 amide bonds. The molecule has 2 aromatic carbocycles. The zero-order valence-electron chi connectivity index (χ0n) is 10.4. The molecule has 3 rings (SSSR count). The van der Waals surface area contributed by atoms with Gasteiger partial charge in [-0.25, -0.2) is 4.98 Å². The molecule has 0 aliphatic carbocycles. The second-order valence-electron chi connectivity index (χ2n) is 4.39. The third-order valence-electron chi connectivity index (χ3n) is 3.02. The number of benzene rings is 2. The summed E-state index contributed by atoms with van der Waals surface area (Å²) in [7, 11) is 0. The van der Waals surface area contributed by atoms with E-state index in [9.17, 15) is 0 Å². The Hall–Kier alpha value is -1.87. The fraction of sp³-hybridized carbons (Fsp3) is 0.0625. The summed E-state index contributed by atoms with van der Waals surface area (Å²) in [6.07, 6.45) is 0. The Bertz CT molecular complexity index is 729. The molecule has 0 unspecified atom stereocenters. The van der Waals surface area contributed by atoms with Crippen molar-refractivity contribution in [3.8, 4) is 11.4 Å². The van der Waals surface area contributed by atoms with Crippen LogP contribution >= 0.6 is 15.9 Å². The van der Waals surface area contributed by atoms with Crippen LogP contribution in [-0.4, -0.2) is 9.55 Å². The number of rotatable bonds is 3. The molecule has 94 valence electrons. The van der Waals surface area contributed by atoms with Gasteiger partial charge in [-0.2, -0.15) is 0 Å². The third kappa shape index (κ3) is 2.34. The molecule has 0 N–H and O–H groups in total. The number of hydrogen-bond acceptors (Lipinski definition) is 1. The first-order chi connectivity index (χ1) is 9.25. The molecule has 0 saturated carbocycles. The van der Waals surface area contributed by atoms with Crippen LogP contribution in [0.5, 0.6) is 0 Å². The van der Waals surface area contributed by atoms with Crippen LogP contribution < -0.4 is 0 Å². The van der Waals surface area contributed by atoms with Gasteiger partial charge in [-0.15, -0.1) is 0 Å². The summed E-state index contributed by atoms with van der Waals surface area (Å²) < 4.78 is 3.12. The number of fused-ring (bicyclic) bond motifs is 1. The Balaban J connectivity index is 2.26. The summed E-state index contributed by atoms with van der Waals surface area (Å²) in [6, 6.07) is 18.4. The van der Waals surface area contributed by atoms with Crippen molar-refractivity contribution in [2.75, 3.05) is 0 Å². The van der Waals surface area contributed by atoms with Crippen molar-refractivity contribution in [3.05, 3.63) is 65.7 Å². The number of imidazole rings is 1. The van der Waals surface area contributed by atoms with E-state index in [1.807, 2.05) is 36.4 Å². The van der Waals surface area contributed by atoms with Gasteiger partial charge < -0.3 is 4.57 Å². The standard InChI is InChI=1S/C16H13BrN2/c1-12(17)11-19-15-10-6-5-9-14(15)18-16(19)13-7-3-2-4-8-13/h2-10H,1,11H2. The number of hydrogen-bond donors (Lipinski definition) is 0. The van der Waals surface area contributed by atoms with E-state index in [2.05, 4.69) is 45.3 Å². The highest BCUT2D eigenvalue weighted by Gasteiger charge is 2.11. The van der Waals surface area contributed by atoms with Crippen molar-refractivity contribution in [2.24, 2.45) is 0 Å². The van der Waals surface area contributed by atoms with E-state index in [1.165, 1.54) is 0 Å². The maximum Gasteiger partial charge on any atom is 0.141 e. The number of nitrogens with zero attached hydrogens (tertiary/aromatic N) is 2. The first-order valence-corrected chi connectivity index (χ1v) is 6.89. The van der Waals surface area contributed by atoms with Crippen LogP contribution in [0.25, 0.3) is 22.4 Å². The summed E-state index contributed by atoms with van der Waals surface area (Å²) in [5, 5.41) is 0. The SMILES string of the molecule is C=C(Br)Cn1c(-c2ccccc2)nc2ccccc21. The molecule has 0 radical (unpaired) electrons. The highest BCUT2D eigenvalue weighted by molar-refractivity contribution is 9.11. The van der Waals surface area contributed by atoms with Crippen molar-refractivity contribution in [3.63, 3.8) is 0 Å². The van der Waals surface area contributed by atoms with Gasteiger partial charge in [0.25, 0.3) is 0 Å². The summed E-state index contributed by atoms with van der Waals surface area (Å²) in [5.74, 6) is 0.974. The summed E-state index contributed by atoms with van der Waals surface area (Å²) in [4.78, 5) is 4.74. The molecule has 0 aliphatic rings.